The van der Waals surface area contributed by atoms with E-state index in [4.69, 9.17) is 5.26 Å². The van der Waals surface area contributed by atoms with Crippen molar-refractivity contribution in [3.8, 4) is 6.07 Å². The van der Waals surface area contributed by atoms with Crippen LogP contribution in [0.4, 0.5) is 5.69 Å². The van der Waals surface area contributed by atoms with Crippen LogP contribution in [0.15, 0.2) is 36.4 Å². The Balaban J connectivity index is 2.76. The van der Waals surface area contributed by atoms with Crippen LogP contribution in [0, 0.1) is 21.4 Å². The van der Waals surface area contributed by atoms with Gasteiger partial charge < -0.3 is 0 Å². The molecule has 0 spiro atoms. The molecular formula is C11H6N2O2. The van der Waals surface area contributed by atoms with Gasteiger partial charge in [-0.25, -0.2) is 0 Å². The van der Waals surface area contributed by atoms with Crippen molar-refractivity contribution in [1.82, 2.24) is 0 Å². The molecule has 0 aliphatic rings. The van der Waals surface area contributed by atoms with Crippen molar-refractivity contribution in [2.45, 2.75) is 0 Å². The molecule has 0 saturated heterocycles. The highest BCUT2D eigenvalue weighted by molar-refractivity contribution is 5.89. The minimum absolute atomic E-state index is 0.0394. The molecule has 0 saturated carbocycles. The van der Waals surface area contributed by atoms with Gasteiger partial charge in [-0.1, -0.05) is 12.1 Å². The summed E-state index contributed by atoms with van der Waals surface area (Å²) >= 11 is 0. The lowest BCUT2D eigenvalue weighted by molar-refractivity contribution is -0.384. The average Bonchev–Trinajstić information content (AvgIpc) is 2.27. The molecule has 4 nitrogen and oxygen atoms in total. The van der Waals surface area contributed by atoms with Gasteiger partial charge in [-0.05, 0) is 22.9 Å². The molecule has 4 heteroatoms. The van der Waals surface area contributed by atoms with Crippen molar-refractivity contribution in [2.75, 3.05) is 0 Å². The van der Waals surface area contributed by atoms with Crippen LogP contribution in [-0.4, -0.2) is 4.92 Å². The van der Waals surface area contributed by atoms with Crippen LogP contribution >= 0.6 is 0 Å². The monoisotopic (exact) mass is 198 g/mol. The van der Waals surface area contributed by atoms with E-state index in [1.807, 2.05) is 6.07 Å². The van der Waals surface area contributed by atoms with E-state index < -0.39 is 4.92 Å². The fourth-order valence-corrected chi connectivity index (χ4v) is 1.48. The van der Waals surface area contributed by atoms with Gasteiger partial charge in [0.25, 0.3) is 5.69 Å². The van der Waals surface area contributed by atoms with E-state index in [1.165, 1.54) is 12.1 Å². The largest absolute Gasteiger partial charge is 0.270 e. The Kier molecular flexibility index (Phi) is 2.07. The molecule has 0 aliphatic carbocycles. The van der Waals surface area contributed by atoms with E-state index in [0.717, 1.165) is 5.39 Å². The molecule has 0 unspecified atom stereocenters. The topological polar surface area (TPSA) is 66.9 Å². The Hall–Kier alpha value is -2.41. The highest BCUT2D eigenvalue weighted by atomic mass is 16.6. The summed E-state index contributed by atoms with van der Waals surface area (Å²) in [7, 11) is 0. The third-order valence-corrected chi connectivity index (χ3v) is 2.20. The van der Waals surface area contributed by atoms with Gasteiger partial charge in [-0.3, -0.25) is 10.1 Å². The summed E-state index contributed by atoms with van der Waals surface area (Å²) in [6.07, 6.45) is 0. The molecule has 0 atom stereocenters. The molecule has 0 heterocycles. The zero-order chi connectivity index (χ0) is 10.8. The molecule has 0 bridgehead atoms. The van der Waals surface area contributed by atoms with Crippen molar-refractivity contribution in [3.63, 3.8) is 0 Å². The molecule has 0 amide bonds. The third-order valence-electron chi connectivity index (χ3n) is 2.20. The number of nitrogens with zero attached hydrogens (tertiary/aromatic N) is 2. The minimum atomic E-state index is -0.446. The van der Waals surface area contributed by atoms with E-state index in [-0.39, 0.29) is 5.69 Å². The van der Waals surface area contributed by atoms with E-state index >= 15 is 0 Å². The minimum Gasteiger partial charge on any atom is -0.258 e. The lowest BCUT2D eigenvalue weighted by Gasteiger charge is -1.99. The van der Waals surface area contributed by atoms with Crippen molar-refractivity contribution >= 4 is 16.5 Å². The summed E-state index contributed by atoms with van der Waals surface area (Å²) in [4.78, 5) is 10.1. The first-order chi connectivity index (χ1) is 7.22. The number of benzene rings is 2. The number of hydrogen-bond acceptors (Lipinski definition) is 3. The molecule has 0 N–H and O–H groups in total. The van der Waals surface area contributed by atoms with Crippen LogP contribution in [-0.2, 0) is 0 Å². The van der Waals surface area contributed by atoms with Gasteiger partial charge in [0.1, 0.15) is 0 Å². The Bertz CT molecular complexity index is 585. The van der Waals surface area contributed by atoms with Crippen LogP contribution in [0.1, 0.15) is 5.56 Å². The summed E-state index contributed by atoms with van der Waals surface area (Å²) in [5.41, 5.74) is 0.569. The average molecular weight is 198 g/mol. The van der Waals surface area contributed by atoms with Gasteiger partial charge in [0.05, 0.1) is 16.6 Å². The number of fused-ring (bicyclic) bond motifs is 1. The maximum Gasteiger partial charge on any atom is 0.270 e. The molecule has 0 fully saturated rings. The van der Waals surface area contributed by atoms with Crippen LogP contribution in [0.3, 0.4) is 0 Å². The van der Waals surface area contributed by atoms with Crippen molar-refractivity contribution < 1.29 is 4.92 Å². The molecule has 2 aromatic carbocycles. The zero-order valence-electron chi connectivity index (χ0n) is 7.68. The van der Waals surface area contributed by atoms with Gasteiger partial charge in [-0.2, -0.15) is 5.26 Å². The Labute approximate surface area is 85.5 Å². The molecular weight excluding hydrogens is 192 g/mol. The first kappa shape index (κ1) is 9.16. The fourth-order valence-electron chi connectivity index (χ4n) is 1.48. The molecule has 0 aliphatic heterocycles. The summed E-state index contributed by atoms with van der Waals surface area (Å²) < 4.78 is 0. The van der Waals surface area contributed by atoms with Gasteiger partial charge in [-0.15, -0.1) is 0 Å². The van der Waals surface area contributed by atoms with Crippen LogP contribution < -0.4 is 0 Å². The quantitative estimate of drug-likeness (QED) is 0.522. The second kappa shape index (κ2) is 3.39. The highest BCUT2D eigenvalue weighted by Crippen LogP contribution is 2.23. The first-order valence-corrected chi connectivity index (χ1v) is 4.29. The Morgan fingerprint density at radius 3 is 2.73 bits per heavy atom. The van der Waals surface area contributed by atoms with Gasteiger partial charge in [0, 0.05) is 12.1 Å². The number of nitriles is 1. The molecule has 2 aromatic rings. The fraction of sp³-hybridized carbons (Fsp3) is 0. The molecule has 0 aromatic heterocycles. The van der Waals surface area contributed by atoms with E-state index in [9.17, 15) is 10.1 Å². The highest BCUT2D eigenvalue weighted by Gasteiger charge is 2.07. The Morgan fingerprint density at radius 2 is 2.07 bits per heavy atom. The zero-order valence-corrected chi connectivity index (χ0v) is 7.68. The van der Waals surface area contributed by atoms with E-state index in [1.54, 1.807) is 24.3 Å². The summed E-state index contributed by atoms with van der Waals surface area (Å²) in [6, 6.07) is 11.7. The predicted octanol–water partition coefficient (Wildman–Crippen LogP) is 2.62. The number of nitro groups is 1. The van der Waals surface area contributed by atoms with Gasteiger partial charge >= 0.3 is 0 Å². The van der Waals surface area contributed by atoms with Crippen LogP contribution in [0.5, 0.6) is 0 Å². The normalized spacial score (nSPS) is 9.80. The summed E-state index contributed by atoms with van der Waals surface area (Å²) in [5, 5.41) is 20.8. The number of rotatable bonds is 1. The maximum absolute atomic E-state index is 10.5. The third kappa shape index (κ3) is 1.51. The number of nitro benzene ring substituents is 1. The molecule has 72 valence electrons. The summed E-state index contributed by atoms with van der Waals surface area (Å²) in [5.74, 6) is 0. The SMILES string of the molecule is N#Cc1cccc2cc([N+](=O)[O-])ccc12. The van der Waals surface area contributed by atoms with Gasteiger partial charge in [0.2, 0.25) is 0 Å². The van der Waals surface area contributed by atoms with Crippen LogP contribution in [0.2, 0.25) is 0 Å². The smallest absolute Gasteiger partial charge is 0.258 e. The first-order valence-electron chi connectivity index (χ1n) is 4.29. The van der Waals surface area contributed by atoms with Crippen molar-refractivity contribution in [2.24, 2.45) is 0 Å². The second-order valence-electron chi connectivity index (χ2n) is 3.08. The van der Waals surface area contributed by atoms with Gasteiger partial charge in [0.15, 0.2) is 0 Å². The lowest BCUT2D eigenvalue weighted by Crippen LogP contribution is -1.88. The van der Waals surface area contributed by atoms with Crippen molar-refractivity contribution in [1.29, 1.82) is 5.26 Å². The maximum atomic E-state index is 10.5. The van der Waals surface area contributed by atoms with Crippen molar-refractivity contribution in [3.05, 3.63) is 52.1 Å². The molecule has 15 heavy (non-hydrogen) atoms. The number of hydrogen-bond donors (Lipinski definition) is 0. The Morgan fingerprint density at radius 1 is 1.27 bits per heavy atom. The number of non-ortho nitro benzene ring substituents is 1. The van der Waals surface area contributed by atoms with Crippen LogP contribution in [0.25, 0.3) is 10.8 Å². The summed E-state index contributed by atoms with van der Waals surface area (Å²) in [6.45, 7) is 0. The lowest BCUT2D eigenvalue weighted by atomic mass is 10.1. The van der Waals surface area contributed by atoms with E-state index in [2.05, 4.69) is 0 Å². The molecule has 2 rings (SSSR count). The van der Waals surface area contributed by atoms with E-state index in [0.29, 0.717) is 10.9 Å². The molecule has 0 radical (unpaired) electrons. The second-order valence-corrected chi connectivity index (χ2v) is 3.08. The predicted molar refractivity (Wildman–Crippen MR) is 55.3 cm³/mol. The standard InChI is InChI=1S/C11H6N2O2/c12-7-9-3-1-2-8-6-10(13(14)15)4-5-11(8)9/h1-6H.